The first kappa shape index (κ1) is 10.0. The van der Waals surface area contributed by atoms with Crippen LogP contribution in [0, 0.1) is 13.6 Å². The minimum atomic E-state index is 0. The van der Waals surface area contributed by atoms with E-state index in [4.69, 9.17) is 0 Å². The molecule has 1 nitrogen and oxygen atoms in total. The Morgan fingerprint density at radius 1 is 1.43 bits per heavy atom. The van der Waals surface area contributed by atoms with Gasteiger partial charge in [-0.15, -0.1) is 6.20 Å². The first-order valence-electron chi connectivity index (χ1n) is 1.49. The van der Waals surface area contributed by atoms with Crippen molar-refractivity contribution >= 4 is 0 Å². The molecule has 0 aliphatic heterocycles. The summed E-state index contributed by atoms with van der Waals surface area (Å²) in [5, 5.41) is 0. The average Bonchev–Trinajstić information content (AvgIpc) is 1.76. The summed E-state index contributed by atoms with van der Waals surface area (Å²) in [7, 11) is 0. The zero-order valence-corrected chi connectivity index (χ0v) is 6.63. The van der Waals surface area contributed by atoms with Crippen LogP contribution < -0.4 is 0 Å². The summed E-state index contributed by atoms with van der Waals surface area (Å²) in [6, 6.07) is 3.71. The Bertz CT molecular complexity index is 64.6. The van der Waals surface area contributed by atoms with Crippen LogP contribution in [0.2, 0.25) is 0 Å². The van der Waals surface area contributed by atoms with Crippen LogP contribution in [0.5, 0.6) is 0 Å². The van der Waals surface area contributed by atoms with Crippen LogP contribution in [-0.2, 0) is 19.8 Å². The molecule has 0 aliphatic carbocycles. The maximum absolute atomic E-state index is 2.74. The van der Waals surface area contributed by atoms with Crippen molar-refractivity contribution in [3.63, 3.8) is 0 Å². The molecule has 40 valence electrons. The van der Waals surface area contributed by atoms with Crippen LogP contribution in [0.15, 0.2) is 18.3 Å². The Labute approximate surface area is 57.2 Å². The van der Waals surface area contributed by atoms with Crippen molar-refractivity contribution in [1.29, 1.82) is 0 Å². The molecule has 0 aliphatic rings. The molecule has 2 heteroatoms. The molecule has 0 atom stereocenters. The fraction of sp³-hybridized carbons (Fsp3) is 0. The number of aromatic amines is 1. The van der Waals surface area contributed by atoms with Gasteiger partial charge in [-0.1, -0.05) is 0 Å². The quantitative estimate of drug-likeness (QED) is 0.684. The van der Waals surface area contributed by atoms with Gasteiger partial charge in [0.2, 0.25) is 0 Å². The molecule has 0 saturated carbocycles. The third-order valence-electron chi connectivity index (χ3n) is 0.442. The van der Waals surface area contributed by atoms with E-state index in [1.165, 1.54) is 0 Å². The molecule has 0 spiro atoms. The van der Waals surface area contributed by atoms with Crippen LogP contribution in [0.4, 0.5) is 0 Å². The summed E-state index contributed by atoms with van der Waals surface area (Å²) in [6.45, 7) is 0. The van der Waals surface area contributed by atoms with E-state index in [0.717, 1.165) is 0 Å². The monoisotopic (exact) mass is 273 g/mol. The van der Waals surface area contributed by atoms with Crippen LogP contribution in [0.25, 0.3) is 0 Å². The normalized spacial score (nSPS) is 5.71. The molecule has 0 radical (unpaired) electrons. The predicted octanol–water partition coefficient (Wildman–Crippen LogP) is 1.26. The Kier molecular flexibility index (Phi) is 8.47. The maximum atomic E-state index is 2.74. The van der Waals surface area contributed by atoms with Crippen molar-refractivity contribution < 1.29 is 19.8 Å². The second kappa shape index (κ2) is 5.92. The standard InChI is InChI=1S/C4H4N.CH3.Os/c1-2-4-5-3-1;;/h1-3,5H;1H3;/q2*-1;+2. The molecule has 0 amide bonds. The van der Waals surface area contributed by atoms with Crippen molar-refractivity contribution in [2.45, 2.75) is 0 Å². The second-order valence-corrected chi connectivity index (χ2v) is 0.814. The predicted molar refractivity (Wildman–Crippen MR) is 26.0 cm³/mol. The molecule has 0 unspecified atom stereocenters. The fourth-order valence-electron chi connectivity index (χ4n) is 0.241. The largest absolute Gasteiger partial charge is 2.00 e. The summed E-state index contributed by atoms with van der Waals surface area (Å²) < 4.78 is 0. The van der Waals surface area contributed by atoms with Crippen LogP contribution in [0.1, 0.15) is 0 Å². The van der Waals surface area contributed by atoms with E-state index in [2.05, 4.69) is 11.2 Å². The Morgan fingerprint density at radius 2 is 2.14 bits per heavy atom. The first-order chi connectivity index (χ1) is 2.50. The summed E-state index contributed by atoms with van der Waals surface area (Å²) in [6.07, 6.45) is 4.56. The van der Waals surface area contributed by atoms with Crippen molar-refractivity contribution in [1.82, 2.24) is 4.98 Å². The Hall–Kier alpha value is -0.0836. The molecule has 1 aromatic rings. The summed E-state index contributed by atoms with van der Waals surface area (Å²) in [5.41, 5.74) is 0. The molecule has 0 fully saturated rings. The molecular formula is C5H7NOs. The van der Waals surface area contributed by atoms with E-state index in [0.29, 0.717) is 0 Å². The van der Waals surface area contributed by atoms with E-state index in [9.17, 15) is 0 Å². The average molecular weight is 271 g/mol. The number of hydrogen-bond donors (Lipinski definition) is 1. The molecule has 1 heterocycles. The number of nitrogens with one attached hydrogen (secondary N) is 1. The second-order valence-electron chi connectivity index (χ2n) is 0.814. The Balaban J connectivity index is 0. The van der Waals surface area contributed by atoms with Gasteiger partial charge in [0.15, 0.2) is 0 Å². The van der Waals surface area contributed by atoms with Gasteiger partial charge in [-0.2, -0.15) is 18.3 Å². The van der Waals surface area contributed by atoms with Gasteiger partial charge < -0.3 is 12.4 Å². The third-order valence-corrected chi connectivity index (χ3v) is 0.442. The van der Waals surface area contributed by atoms with Crippen LogP contribution in [-0.4, -0.2) is 4.98 Å². The fourth-order valence-corrected chi connectivity index (χ4v) is 0.241. The van der Waals surface area contributed by atoms with E-state index in [1.807, 2.05) is 18.3 Å². The topological polar surface area (TPSA) is 15.8 Å². The molecule has 0 aromatic carbocycles. The van der Waals surface area contributed by atoms with Gasteiger partial charge in [0.25, 0.3) is 0 Å². The SMILES string of the molecule is [CH3-].[Os+2].[c-]1ccc[nH]1. The molecule has 1 rings (SSSR count). The van der Waals surface area contributed by atoms with Crippen molar-refractivity contribution in [2.24, 2.45) is 0 Å². The van der Waals surface area contributed by atoms with E-state index >= 15 is 0 Å². The molecule has 7 heavy (non-hydrogen) atoms. The van der Waals surface area contributed by atoms with E-state index in [1.54, 1.807) is 0 Å². The molecular weight excluding hydrogens is 264 g/mol. The van der Waals surface area contributed by atoms with Crippen LogP contribution >= 0.6 is 0 Å². The van der Waals surface area contributed by atoms with Gasteiger partial charge in [0, 0.05) is 0 Å². The number of aromatic nitrogens is 1. The number of hydrogen-bond acceptors (Lipinski definition) is 0. The van der Waals surface area contributed by atoms with Crippen molar-refractivity contribution in [3.8, 4) is 0 Å². The molecule has 0 bridgehead atoms. The summed E-state index contributed by atoms with van der Waals surface area (Å²) in [4.78, 5) is 2.74. The van der Waals surface area contributed by atoms with Gasteiger partial charge >= 0.3 is 19.8 Å². The Morgan fingerprint density at radius 3 is 2.29 bits per heavy atom. The number of H-pyrrole nitrogens is 1. The summed E-state index contributed by atoms with van der Waals surface area (Å²) >= 11 is 0. The molecule has 0 saturated heterocycles. The third kappa shape index (κ3) is 3.75. The molecule has 1 N–H and O–H groups in total. The van der Waals surface area contributed by atoms with Gasteiger partial charge in [0.1, 0.15) is 0 Å². The minimum absolute atomic E-state index is 0. The minimum Gasteiger partial charge on any atom is -0.484 e. The summed E-state index contributed by atoms with van der Waals surface area (Å²) in [5.74, 6) is 0. The zero-order valence-electron chi connectivity index (χ0n) is 4.09. The van der Waals surface area contributed by atoms with E-state index in [-0.39, 0.29) is 27.2 Å². The van der Waals surface area contributed by atoms with Gasteiger partial charge in [-0.25, -0.2) is 0 Å². The van der Waals surface area contributed by atoms with Gasteiger partial charge in [-0.3, -0.25) is 0 Å². The van der Waals surface area contributed by atoms with Crippen LogP contribution in [0.3, 0.4) is 0 Å². The zero-order chi connectivity index (χ0) is 3.54. The maximum Gasteiger partial charge on any atom is 2.00 e. The smallest absolute Gasteiger partial charge is 0.484 e. The van der Waals surface area contributed by atoms with E-state index < -0.39 is 0 Å². The molecule has 1 aromatic heterocycles. The van der Waals surface area contributed by atoms with Gasteiger partial charge in [0.05, 0.1) is 0 Å². The van der Waals surface area contributed by atoms with Gasteiger partial charge in [-0.05, 0) is 0 Å². The first-order valence-corrected chi connectivity index (χ1v) is 1.49. The number of rotatable bonds is 0. The van der Waals surface area contributed by atoms with Crippen molar-refractivity contribution in [3.05, 3.63) is 32.0 Å². The van der Waals surface area contributed by atoms with Crippen molar-refractivity contribution in [2.75, 3.05) is 0 Å².